The van der Waals surface area contributed by atoms with Crippen LogP contribution in [0.1, 0.15) is 34.3 Å². The van der Waals surface area contributed by atoms with Crippen LogP contribution < -0.4 is 4.74 Å². The summed E-state index contributed by atoms with van der Waals surface area (Å²) in [5, 5.41) is 4.10. The van der Waals surface area contributed by atoms with Crippen molar-refractivity contribution in [3.05, 3.63) is 90.5 Å². The van der Waals surface area contributed by atoms with Crippen molar-refractivity contribution < 1.29 is 14.3 Å². The number of amides is 2. The Morgan fingerprint density at radius 1 is 0.949 bits per heavy atom. The number of rotatable bonds is 5. The van der Waals surface area contributed by atoms with Crippen LogP contribution in [-0.4, -0.2) is 79.6 Å². The number of fused-ring (bicyclic) bond motifs is 3. The van der Waals surface area contributed by atoms with Crippen LogP contribution in [0.3, 0.4) is 0 Å². The SMILES string of the molecule is CN1CCN(C(=O)CCCn2cncn2)CCOc2ccc(-c3cncnc3)cc2Cc2cccc(c2)C1=O. The van der Waals surface area contributed by atoms with Crippen LogP contribution in [0.5, 0.6) is 5.75 Å². The summed E-state index contributed by atoms with van der Waals surface area (Å²) < 4.78 is 7.97. The molecule has 2 amide bonds. The fourth-order valence-electron chi connectivity index (χ4n) is 4.64. The number of aromatic nitrogens is 5. The Hall–Kier alpha value is -4.60. The molecule has 1 aliphatic heterocycles. The summed E-state index contributed by atoms with van der Waals surface area (Å²) in [5.41, 5.74) is 4.51. The van der Waals surface area contributed by atoms with Gasteiger partial charge in [0.2, 0.25) is 5.91 Å². The predicted octanol–water partition coefficient (Wildman–Crippen LogP) is 3.10. The minimum atomic E-state index is -0.0702. The van der Waals surface area contributed by atoms with Gasteiger partial charge in [0.25, 0.3) is 5.91 Å². The number of ether oxygens (including phenoxy) is 1. The van der Waals surface area contributed by atoms with Crippen LogP contribution in [0.4, 0.5) is 0 Å². The third kappa shape index (κ3) is 6.64. The van der Waals surface area contributed by atoms with Gasteiger partial charge in [0.05, 0.1) is 6.54 Å². The van der Waals surface area contributed by atoms with E-state index in [0.717, 1.165) is 28.0 Å². The fraction of sp³-hybridized carbons (Fsp3) is 0.310. The number of hydrogen-bond donors (Lipinski definition) is 0. The Bertz CT molecular complexity index is 1410. The lowest BCUT2D eigenvalue weighted by atomic mass is 9.98. The number of nitrogens with zero attached hydrogens (tertiary/aromatic N) is 7. The van der Waals surface area contributed by atoms with Gasteiger partial charge in [0.1, 0.15) is 31.3 Å². The molecule has 4 aromatic rings. The number of carbonyl (C=O) groups is 2. The average Bonchev–Trinajstić information content (AvgIpc) is 3.48. The van der Waals surface area contributed by atoms with Crippen molar-refractivity contribution >= 4 is 11.8 Å². The maximum Gasteiger partial charge on any atom is 0.253 e. The Kier molecular flexibility index (Phi) is 8.20. The Morgan fingerprint density at radius 3 is 2.64 bits per heavy atom. The molecule has 0 aliphatic carbocycles. The minimum absolute atomic E-state index is 0.0216. The van der Waals surface area contributed by atoms with Gasteiger partial charge in [0, 0.05) is 63.0 Å². The van der Waals surface area contributed by atoms with Gasteiger partial charge < -0.3 is 14.5 Å². The van der Waals surface area contributed by atoms with Gasteiger partial charge in [-0.2, -0.15) is 5.10 Å². The van der Waals surface area contributed by atoms with E-state index in [-0.39, 0.29) is 11.8 Å². The first kappa shape index (κ1) is 26.0. The standard InChI is InChI=1S/C29H31N7O3/c1-34-10-11-35(28(37)6-3-9-36-21-32-20-33-36)12-13-39-27-8-7-23(26-17-30-19-31-18-26)16-25(27)15-22-4-2-5-24(14-22)29(34)38/h2,4-5,7-8,14,16-21H,3,6,9-13,15H2,1H3. The van der Waals surface area contributed by atoms with E-state index in [9.17, 15) is 9.59 Å². The molecule has 0 saturated heterocycles. The largest absolute Gasteiger partial charge is 0.491 e. The molecule has 39 heavy (non-hydrogen) atoms. The van der Waals surface area contributed by atoms with E-state index < -0.39 is 0 Å². The highest BCUT2D eigenvalue weighted by molar-refractivity contribution is 5.94. The molecule has 5 rings (SSSR count). The Morgan fingerprint density at radius 2 is 1.82 bits per heavy atom. The van der Waals surface area contributed by atoms with Crippen LogP contribution in [0, 0.1) is 0 Å². The van der Waals surface area contributed by atoms with Gasteiger partial charge in [-0.1, -0.05) is 18.2 Å². The average molecular weight is 526 g/mol. The number of benzene rings is 2. The lowest BCUT2D eigenvalue weighted by Crippen LogP contribution is -2.41. The summed E-state index contributed by atoms with van der Waals surface area (Å²) in [6.45, 7) is 2.23. The summed E-state index contributed by atoms with van der Waals surface area (Å²) in [5.74, 6) is 0.701. The van der Waals surface area contributed by atoms with Crippen molar-refractivity contribution in [3.63, 3.8) is 0 Å². The highest BCUT2D eigenvalue weighted by Gasteiger charge is 2.19. The molecule has 1 aliphatic rings. The lowest BCUT2D eigenvalue weighted by Gasteiger charge is -2.27. The van der Waals surface area contributed by atoms with Crippen molar-refractivity contribution in [2.24, 2.45) is 0 Å². The molecule has 200 valence electrons. The van der Waals surface area contributed by atoms with E-state index in [1.54, 1.807) is 40.3 Å². The molecule has 3 heterocycles. The zero-order chi connectivity index (χ0) is 27.0. The summed E-state index contributed by atoms with van der Waals surface area (Å²) >= 11 is 0. The van der Waals surface area contributed by atoms with Crippen LogP contribution in [0.15, 0.2) is 73.8 Å². The summed E-state index contributed by atoms with van der Waals surface area (Å²) in [4.78, 5) is 42.0. The van der Waals surface area contributed by atoms with Crippen molar-refractivity contribution in [1.82, 2.24) is 34.5 Å². The van der Waals surface area contributed by atoms with E-state index in [1.807, 2.05) is 36.4 Å². The summed E-state index contributed by atoms with van der Waals surface area (Å²) in [6, 6.07) is 13.7. The van der Waals surface area contributed by atoms with Crippen LogP contribution in [0.25, 0.3) is 11.1 Å². The minimum Gasteiger partial charge on any atom is -0.491 e. The molecule has 2 bridgehead atoms. The second-order valence-electron chi connectivity index (χ2n) is 9.54. The Balaban J connectivity index is 1.39. The number of aryl methyl sites for hydroxylation is 1. The lowest BCUT2D eigenvalue weighted by molar-refractivity contribution is -0.131. The quantitative estimate of drug-likeness (QED) is 0.394. The molecule has 10 nitrogen and oxygen atoms in total. The molecular formula is C29H31N7O3. The monoisotopic (exact) mass is 525 g/mol. The van der Waals surface area contributed by atoms with Gasteiger partial charge >= 0.3 is 0 Å². The molecule has 0 spiro atoms. The number of hydrogen-bond acceptors (Lipinski definition) is 7. The van der Waals surface area contributed by atoms with E-state index in [1.165, 1.54) is 12.7 Å². The smallest absolute Gasteiger partial charge is 0.253 e. The maximum absolute atomic E-state index is 13.2. The van der Waals surface area contributed by atoms with E-state index in [2.05, 4.69) is 26.1 Å². The van der Waals surface area contributed by atoms with Crippen LogP contribution >= 0.6 is 0 Å². The molecule has 0 fully saturated rings. The molecule has 0 unspecified atom stereocenters. The highest BCUT2D eigenvalue weighted by Crippen LogP contribution is 2.28. The van der Waals surface area contributed by atoms with Crippen molar-refractivity contribution in [2.75, 3.05) is 33.3 Å². The third-order valence-electron chi connectivity index (χ3n) is 6.79. The zero-order valence-corrected chi connectivity index (χ0v) is 21.9. The van der Waals surface area contributed by atoms with Crippen molar-refractivity contribution in [3.8, 4) is 16.9 Å². The zero-order valence-electron chi connectivity index (χ0n) is 21.9. The van der Waals surface area contributed by atoms with Gasteiger partial charge in [-0.05, 0) is 47.4 Å². The van der Waals surface area contributed by atoms with Gasteiger partial charge in [-0.25, -0.2) is 15.0 Å². The van der Waals surface area contributed by atoms with Crippen LogP contribution in [-0.2, 0) is 17.8 Å². The molecule has 2 aromatic carbocycles. The van der Waals surface area contributed by atoms with E-state index in [0.29, 0.717) is 57.6 Å². The molecule has 10 heteroatoms. The normalized spacial score (nSPS) is 14.3. The predicted molar refractivity (Wildman–Crippen MR) is 145 cm³/mol. The topological polar surface area (TPSA) is 106 Å². The van der Waals surface area contributed by atoms with Gasteiger partial charge in [-0.3, -0.25) is 14.3 Å². The third-order valence-corrected chi connectivity index (χ3v) is 6.79. The van der Waals surface area contributed by atoms with E-state index >= 15 is 0 Å². The number of likely N-dealkylation sites (N-methyl/N-ethyl adjacent to an activating group) is 1. The van der Waals surface area contributed by atoms with Gasteiger partial charge in [0.15, 0.2) is 0 Å². The van der Waals surface area contributed by atoms with Crippen molar-refractivity contribution in [1.29, 1.82) is 0 Å². The maximum atomic E-state index is 13.2. The molecule has 2 aromatic heterocycles. The second kappa shape index (κ2) is 12.3. The highest BCUT2D eigenvalue weighted by atomic mass is 16.5. The molecular weight excluding hydrogens is 494 g/mol. The number of carbonyl (C=O) groups excluding carboxylic acids is 2. The molecule has 0 atom stereocenters. The van der Waals surface area contributed by atoms with E-state index in [4.69, 9.17) is 4.74 Å². The first-order valence-corrected chi connectivity index (χ1v) is 13.0. The second-order valence-corrected chi connectivity index (χ2v) is 9.54. The molecule has 0 saturated carbocycles. The first-order valence-electron chi connectivity index (χ1n) is 13.0. The van der Waals surface area contributed by atoms with Crippen molar-refractivity contribution in [2.45, 2.75) is 25.8 Å². The first-order chi connectivity index (χ1) is 19.1. The Labute approximate surface area is 227 Å². The fourth-order valence-corrected chi connectivity index (χ4v) is 4.64. The molecule has 0 radical (unpaired) electrons. The van der Waals surface area contributed by atoms with Crippen LogP contribution in [0.2, 0.25) is 0 Å². The molecule has 0 N–H and O–H groups in total. The summed E-state index contributed by atoms with van der Waals surface area (Å²) in [6.07, 6.45) is 9.80. The van der Waals surface area contributed by atoms with Gasteiger partial charge in [-0.15, -0.1) is 0 Å². The summed E-state index contributed by atoms with van der Waals surface area (Å²) in [7, 11) is 1.77.